The Morgan fingerprint density at radius 3 is 2.57 bits per heavy atom. The van der Waals surface area contributed by atoms with Crippen molar-refractivity contribution in [1.29, 1.82) is 0 Å². The Hall–Kier alpha value is -3.00. The number of hydrogen-bond donors (Lipinski definition) is 4. The first-order valence-corrected chi connectivity index (χ1v) is 6.80. The third kappa shape index (κ3) is 3.80. The molecule has 1 atom stereocenters. The molecule has 0 radical (unpaired) electrons. The average Bonchev–Trinajstić information content (AvgIpc) is 2.90. The van der Waals surface area contributed by atoms with Crippen LogP contribution in [0.15, 0.2) is 30.3 Å². The summed E-state index contributed by atoms with van der Waals surface area (Å²) in [7, 11) is 1.53. The lowest BCUT2D eigenvalue weighted by Gasteiger charge is -2.15. The highest BCUT2D eigenvalue weighted by molar-refractivity contribution is 6.03. The van der Waals surface area contributed by atoms with Gasteiger partial charge in [-0.1, -0.05) is 12.1 Å². The lowest BCUT2D eigenvalue weighted by molar-refractivity contribution is -0.0379. The summed E-state index contributed by atoms with van der Waals surface area (Å²) < 4.78 is 10.8. The molecule has 0 spiro atoms. The summed E-state index contributed by atoms with van der Waals surface area (Å²) in [6, 6.07) is 7.89. The van der Waals surface area contributed by atoms with E-state index in [1.165, 1.54) is 13.2 Å². The second-order valence-electron chi connectivity index (χ2n) is 4.74. The number of anilines is 1. The van der Waals surface area contributed by atoms with Crippen LogP contribution in [0.5, 0.6) is 5.75 Å². The number of hydrogen-bond acceptors (Lipinski definition) is 4. The number of carbonyl (C=O) groups excluding carboxylic acids is 2. The number of rotatable bonds is 6. The maximum atomic E-state index is 11.5. The van der Waals surface area contributed by atoms with E-state index in [9.17, 15) is 9.59 Å². The molecule has 0 saturated heterocycles. The van der Waals surface area contributed by atoms with Crippen molar-refractivity contribution < 1.29 is 19.1 Å². The predicted molar refractivity (Wildman–Crippen MR) is 85.1 cm³/mol. The van der Waals surface area contributed by atoms with Crippen LogP contribution in [0.1, 0.15) is 17.3 Å². The van der Waals surface area contributed by atoms with E-state index >= 15 is 0 Å². The van der Waals surface area contributed by atoms with Gasteiger partial charge in [-0.25, -0.2) is 4.79 Å². The number of benzene rings is 1. The Balaban J connectivity index is 2.46. The van der Waals surface area contributed by atoms with Crippen LogP contribution in [-0.2, 0) is 4.74 Å². The highest BCUT2D eigenvalue weighted by atomic mass is 16.7. The van der Waals surface area contributed by atoms with Gasteiger partial charge in [-0.05, 0) is 25.1 Å². The third-order valence-electron chi connectivity index (χ3n) is 3.13. The molecule has 0 aliphatic rings. The predicted octanol–water partition coefficient (Wildman–Crippen LogP) is 1.64. The van der Waals surface area contributed by atoms with E-state index in [0.29, 0.717) is 17.0 Å². The second kappa shape index (κ2) is 6.84. The summed E-state index contributed by atoms with van der Waals surface area (Å²) in [6.45, 7) is 1.75. The zero-order chi connectivity index (χ0) is 17.0. The van der Waals surface area contributed by atoms with Gasteiger partial charge in [-0.15, -0.1) is 0 Å². The second-order valence-corrected chi connectivity index (χ2v) is 4.74. The van der Waals surface area contributed by atoms with Crippen LogP contribution in [-0.4, -0.2) is 30.3 Å². The summed E-state index contributed by atoms with van der Waals surface area (Å²) in [5.41, 5.74) is 11.8. The standard InChI is InChI=1S/C15H18N4O4/c1-8(22-2)23-12-6-4-3-5-9(12)11-7-10(13(16)20)14(18-11)19-15(17)21/h3-8,18H,1-2H3,(H2,16,20)(H3,17,19,21). The van der Waals surface area contributed by atoms with Crippen molar-refractivity contribution in [2.24, 2.45) is 11.5 Å². The molecule has 0 aliphatic heterocycles. The van der Waals surface area contributed by atoms with E-state index in [1.807, 2.05) is 12.1 Å². The Kier molecular flexibility index (Phi) is 4.87. The largest absolute Gasteiger partial charge is 0.465 e. The quantitative estimate of drug-likeness (QED) is 0.603. The van der Waals surface area contributed by atoms with Crippen LogP contribution < -0.4 is 21.5 Å². The normalized spacial score (nSPS) is 11.7. The molecule has 0 saturated carbocycles. The topological polar surface area (TPSA) is 132 Å². The van der Waals surface area contributed by atoms with Gasteiger partial charge in [0.1, 0.15) is 11.6 Å². The van der Waals surface area contributed by atoms with Gasteiger partial charge in [-0.3, -0.25) is 10.1 Å². The molecule has 1 unspecified atom stereocenters. The molecule has 23 heavy (non-hydrogen) atoms. The summed E-state index contributed by atoms with van der Waals surface area (Å²) in [6.07, 6.45) is -0.454. The fourth-order valence-electron chi connectivity index (χ4n) is 2.03. The number of carbonyl (C=O) groups is 2. The molecule has 0 fully saturated rings. The molecule has 3 amide bonds. The number of H-pyrrole nitrogens is 1. The number of aromatic nitrogens is 1. The zero-order valence-corrected chi connectivity index (χ0v) is 12.8. The van der Waals surface area contributed by atoms with Gasteiger partial charge in [0.2, 0.25) is 0 Å². The van der Waals surface area contributed by atoms with Crippen LogP contribution >= 0.6 is 0 Å². The van der Waals surface area contributed by atoms with Crippen molar-refractivity contribution in [3.63, 3.8) is 0 Å². The lowest BCUT2D eigenvalue weighted by Crippen LogP contribution is -2.22. The summed E-state index contributed by atoms with van der Waals surface area (Å²) >= 11 is 0. The maximum Gasteiger partial charge on any atom is 0.317 e. The van der Waals surface area contributed by atoms with Crippen molar-refractivity contribution in [2.75, 3.05) is 12.4 Å². The van der Waals surface area contributed by atoms with Gasteiger partial charge in [0.15, 0.2) is 6.29 Å². The van der Waals surface area contributed by atoms with E-state index in [4.69, 9.17) is 20.9 Å². The van der Waals surface area contributed by atoms with Gasteiger partial charge in [0, 0.05) is 12.7 Å². The van der Waals surface area contributed by atoms with Crippen molar-refractivity contribution >= 4 is 17.8 Å². The first kappa shape index (κ1) is 16.4. The van der Waals surface area contributed by atoms with E-state index in [-0.39, 0.29) is 11.4 Å². The van der Waals surface area contributed by atoms with Gasteiger partial charge in [0.25, 0.3) is 5.91 Å². The SMILES string of the molecule is COC(C)Oc1ccccc1-c1cc(C(N)=O)c(NC(N)=O)[nH]1. The number of aromatic amines is 1. The number of primary amides is 2. The summed E-state index contributed by atoms with van der Waals surface area (Å²) in [4.78, 5) is 25.5. The smallest absolute Gasteiger partial charge is 0.317 e. The van der Waals surface area contributed by atoms with Crippen LogP contribution in [0.25, 0.3) is 11.3 Å². The Morgan fingerprint density at radius 2 is 1.96 bits per heavy atom. The minimum atomic E-state index is -0.807. The highest BCUT2D eigenvalue weighted by Crippen LogP contribution is 2.32. The molecule has 0 aliphatic carbocycles. The van der Waals surface area contributed by atoms with E-state index in [2.05, 4.69) is 10.3 Å². The first-order chi connectivity index (χ1) is 10.9. The van der Waals surface area contributed by atoms with Crippen LogP contribution in [0.3, 0.4) is 0 Å². The number of urea groups is 1. The molecule has 1 aromatic carbocycles. The summed E-state index contributed by atoms with van der Waals surface area (Å²) in [5.74, 6) is -0.0146. The number of nitrogens with one attached hydrogen (secondary N) is 2. The fourth-order valence-corrected chi connectivity index (χ4v) is 2.03. The highest BCUT2D eigenvalue weighted by Gasteiger charge is 2.17. The minimum absolute atomic E-state index is 0.119. The number of ether oxygens (including phenoxy) is 2. The molecule has 122 valence electrons. The Labute approximate surface area is 132 Å². The molecule has 2 rings (SSSR count). The molecule has 6 N–H and O–H groups in total. The molecular formula is C15H18N4O4. The van der Waals surface area contributed by atoms with E-state index in [0.717, 1.165) is 0 Å². The molecule has 8 heteroatoms. The minimum Gasteiger partial charge on any atom is -0.465 e. The molecular weight excluding hydrogens is 300 g/mol. The lowest BCUT2D eigenvalue weighted by atomic mass is 10.1. The molecule has 0 bridgehead atoms. The van der Waals surface area contributed by atoms with Crippen molar-refractivity contribution in [2.45, 2.75) is 13.2 Å². The number of nitrogens with two attached hydrogens (primary N) is 2. The Bertz CT molecular complexity index is 726. The maximum absolute atomic E-state index is 11.5. The van der Waals surface area contributed by atoms with E-state index in [1.54, 1.807) is 19.1 Å². The Morgan fingerprint density at radius 1 is 1.26 bits per heavy atom. The van der Waals surface area contributed by atoms with Crippen LogP contribution in [0, 0.1) is 0 Å². The van der Waals surface area contributed by atoms with Crippen molar-refractivity contribution in [1.82, 2.24) is 4.98 Å². The molecule has 1 heterocycles. The molecule has 2 aromatic rings. The fraction of sp³-hybridized carbons (Fsp3) is 0.200. The van der Waals surface area contributed by atoms with Gasteiger partial charge in [0.05, 0.1) is 11.3 Å². The molecule has 8 nitrogen and oxygen atoms in total. The van der Waals surface area contributed by atoms with Gasteiger partial charge in [-0.2, -0.15) is 0 Å². The van der Waals surface area contributed by atoms with Crippen molar-refractivity contribution in [3.8, 4) is 17.0 Å². The number of methoxy groups -OCH3 is 1. The molecule has 1 aromatic heterocycles. The zero-order valence-electron chi connectivity index (χ0n) is 12.8. The van der Waals surface area contributed by atoms with Gasteiger partial charge < -0.3 is 25.9 Å². The van der Waals surface area contributed by atoms with Crippen LogP contribution in [0.2, 0.25) is 0 Å². The van der Waals surface area contributed by atoms with Crippen LogP contribution in [0.4, 0.5) is 10.6 Å². The monoisotopic (exact) mass is 318 g/mol. The van der Waals surface area contributed by atoms with Crippen molar-refractivity contribution in [3.05, 3.63) is 35.9 Å². The average molecular weight is 318 g/mol. The number of amides is 3. The third-order valence-corrected chi connectivity index (χ3v) is 3.13. The number of para-hydroxylation sites is 1. The summed E-state index contributed by atoms with van der Waals surface area (Å²) in [5, 5.41) is 2.33. The van der Waals surface area contributed by atoms with Gasteiger partial charge >= 0.3 is 6.03 Å². The van der Waals surface area contributed by atoms with E-state index < -0.39 is 18.2 Å². The first-order valence-electron chi connectivity index (χ1n) is 6.80.